The molecule has 15 heavy (non-hydrogen) atoms. The van der Waals surface area contributed by atoms with Crippen molar-refractivity contribution in [2.45, 2.75) is 6.42 Å². The quantitative estimate of drug-likeness (QED) is 0.678. The molecule has 0 saturated carbocycles. The van der Waals surface area contributed by atoms with E-state index in [1.165, 1.54) is 0 Å². The van der Waals surface area contributed by atoms with E-state index >= 15 is 0 Å². The molecule has 5 nitrogen and oxygen atoms in total. The summed E-state index contributed by atoms with van der Waals surface area (Å²) < 4.78 is 0. The molecule has 2 N–H and O–H groups in total. The van der Waals surface area contributed by atoms with Gasteiger partial charge in [0, 0.05) is 25.6 Å². The minimum atomic E-state index is -0.901. The second-order valence-electron chi connectivity index (χ2n) is 3.56. The molecular weight excluding hydrogens is 218 g/mol. The van der Waals surface area contributed by atoms with E-state index in [0.29, 0.717) is 13.1 Å². The van der Waals surface area contributed by atoms with Gasteiger partial charge in [0.15, 0.2) is 0 Å². The molecule has 0 aliphatic carbocycles. The number of carboxylic acids is 1. The Kier molecular flexibility index (Phi) is 4.90. The number of likely N-dealkylation sites (tertiary alicyclic amines) is 1. The third-order valence-electron chi connectivity index (χ3n) is 2.35. The predicted octanol–water partition coefficient (Wildman–Crippen LogP) is -0.355. The number of thioether (sulfide) groups is 1. The molecule has 1 aliphatic heterocycles. The number of nitrogens with zero attached hydrogens (tertiary/aromatic N) is 1. The van der Waals surface area contributed by atoms with E-state index in [2.05, 4.69) is 0 Å². The highest BCUT2D eigenvalue weighted by Crippen LogP contribution is 2.16. The first-order valence-corrected chi connectivity index (χ1v) is 5.97. The minimum absolute atomic E-state index is 0.0304. The van der Waals surface area contributed by atoms with Crippen molar-refractivity contribution in [1.82, 2.24) is 4.90 Å². The van der Waals surface area contributed by atoms with Gasteiger partial charge < -0.3 is 15.1 Å². The Bertz CT molecular complexity index is 246. The zero-order valence-electron chi connectivity index (χ0n) is 8.39. The molecule has 0 aromatic heterocycles. The molecule has 1 amide bonds. The standard InChI is InChI=1S/C9H15NO4S/c11-4-7-1-2-10(3-7)8(12)5-15-6-9(13)14/h7,11H,1-6H2,(H,13,14). The Hall–Kier alpha value is -0.750. The fourth-order valence-corrected chi connectivity index (χ4v) is 2.16. The van der Waals surface area contributed by atoms with Crippen molar-refractivity contribution in [3.05, 3.63) is 0 Å². The van der Waals surface area contributed by atoms with Gasteiger partial charge in [-0.1, -0.05) is 0 Å². The summed E-state index contributed by atoms with van der Waals surface area (Å²) in [6, 6.07) is 0. The highest BCUT2D eigenvalue weighted by atomic mass is 32.2. The molecule has 1 heterocycles. The molecular formula is C9H15NO4S. The van der Waals surface area contributed by atoms with Crippen molar-refractivity contribution in [2.75, 3.05) is 31.2 Å². The number of hydrogen-bond acceptors (Lipinski definition) is 4. The molecule has 6 heteroatoms. The smallest absolute Gasteiger partial charge is 0.313 e. The minimum Gasteiger partial charge on any atom is -0.481 e. The Morgan fingerprint density at radius 2 is 2.13 bits per heavy atom. The van der Waals surface area contributed by atoms with E-state index in [0.717, 1.165) is 18.2 Å². The Labute approximate surface area is 92.4 Å². The summed E-state index contributed by atoms with van der Waals surface area (Å²) >= 11 is 1.11. The number of carboxylic acid groups (broad SMARTS) is 1. The van der Waals surface area contributed by atoms with Crippen molar-refractivity contribution in [1.29, 1.82) is 0 Å². The van der Waals surface area contributed by atoms with E-state index in [-0.39, 0.29) is 29.9 Å². The highest BCUT2D eigenvalue weighted by molar-refractivity contribution is 8.00. The van der Waals surface area contributed by atoms with Crippen LogP contribution in [0, 0.1) is 5.92 Å². The van der Waals surface area contributed by atoms with Gasteiger partial charge in [-0.05, 0) is 6.42 Å². The molecule has 1 unspecified atom stereocenters. The van der Waals surface area contributed by atoms with Gasteiger partial charge in [0.05, 0.1) is 11.5 Å². The lowest BCUT2D eigenvalue weighted by Gasteiger charge is -2.15. The maximum atomic E-state index is 11.5. The Morgan fingerprint density at radius 1 is 1.40 bits per heavy atom. The molecule has 1 aliphatic rings. The van der Waals surface area contributed by atoms with Crippen LogP contribution in [0.5, 0.6) is 0 Å². The summed E-state index contributed by atoms with van der Waals surface area (Å²) in [4.78, 5) is 23.4. The lowest BCUT2D eigenvalue weighted by atomic mass is 10.1. The van der Waals surface area contributed by atoms with Crippen molar-refractivity contribution < 1.29 is 19.8 Å². The monoisotopic (exact) mass is 233 g/mol. The van der Waals surface area contributed by atoms with Crippen LogP contribution in [0.15, 0.2) is 0 Å². The first-order chi connectivity index (χ1) is 7.13. The predicted molar refractivity (Wildman–Crippen MR) is 56.7 cm³/mol. The second kappa shape index (κ2) is 5.97. The van der Waals surface area contributed by atoms with Gasteiger partial charge in [0.2, 0.25) is 5.91 Å². The third kappa shape index (κ3) is 4.09. The van der Waals surface area contributed by atoms with Crippen LogP contribution in [0.4, 0.5) is 0 Å². The molecule has 0 radical (unpaired) electrons. The third-order valence-corrected chi connectivity index (χ3v) is 3.25. The molecule has 1 rings (SSSR count). The van der Waals surface area contributed by atoms with E-state index in [9.17, 15) is 9.59 Å². The summed E-state index contributed by atoms with van der Waals surface area (Å²) in [5.41, 5.74) is 0. The number of carbonyl (C=O) groups is 2. The average Bonchev–Trinajstić information content (AvgIpc) is 2.65. The topological polar surface area (TPSA) is 77.8 Å². The number of aliphatic carboxylic acids is 1. The lowest BCUT2D eigenvalue weighted by Crippen LogP contribution is -2.30. The van der Waals surface area contributed by atoms with Crippen LogP contribution >= 0.6 is 11.8 Å². The summed E-state index contributed by atoms with van der Waals surface area (Å²) in [7, 11) is 0. The number of rotatable bonds is 5. The summed E-state index contributed by atoms with van der Waals surface area (Å²) in [6.45, 7) is 1.40. The molecule has 0 aromatic rings. The zero-order valence-corrected chi connectivity index (χ0v) is 9.20. The molecule has 0 aromatic carbocycles. The molecule has 0 spiro atoms. The molecule has 86 valence electrons. The Balaban J connectivity index is 2.20. The van der Waals surface area contributed by atoms with E-state index in [4.69, 9.17) is 10.2 Å². The van der Waals surface area contributed by atoms with Crippen molar-refractivity contribution in [3.63, 3.8) is 0 Å². The lowest BCUT2D eigenvalue weighted by molar-refractivity contribution is -0.133. The number of aliphatic hydroxyl groups excluding tert-OH is 1. The molecule has 1 atom stereocenters. The number of hydrogen-bond donors (Lipinski definition) is 2. The average molecular weight is 233 g/mol. The number of aliphatic hydroxyl groups is 1. The zero-order chi connectivity index (χ0) is 11.3. The van der Waals surface area contributed by atoms with Crippen LogP contribution in [0.3, 0.4) is 0 Å². The maximum absolute atomic E-state index is 11.5. The van der Waals surface area contributed by atoms with Crippen LogP contribution in [-0.4, -0.2) is 58.2 Å². The van der Waals surface area contributed by atoms with Crippen LogP contribution in [-0.2, 0) is 9.59 Å². The largest absolute Gasteiger partial charge is 0.481 e. The van der Waals surface area contributed by atoms with Gasteiger partial charge in [0.1, 0.15) is 0 Å². The van der Waals surface area contributed by atoms with Gasteiger partial charge in [-0.15, -0.1) is 11.8 Å². The van der Waals surface area contributed by atoms with Gasteiger partial charge in [-0.2, -0.15) is 0 Å². The second-order valence-corrected chi connectivity index (χ2v) is 4.55. The van der Waals surface area contributed by atoms with Crippen LogP contribution in [0.1, 0.15) is 6.42 Å². The van der Waals surface area contributed by atoms with Crippen LogP contribution in [0.25, 0.3) is 0 Å². The molecule has 1 saturated heterocycles. The maximum Gasteiger partial charge on any atom is 0.313 e. The van der Waals surface area contributed by atoms with Gasteiger partial charge in [0.25, 0.3) is 0 Å². The van der Waals surface area contributed by atoms with Gasteiger partial charge in [-0.25, -0.2) is 0 Å². The van der Waals surface area contributed by atoms with Crippen LogP contribution in [0.2, 0.25) is 0 Å². The molecule has 0 bridgehead atoms. The number of amides is 1. The van der Waals surface area contributed by atoms with Crippen molar-refractivity contribution in [3.8, 4) is 0 Å². The van der Waals surface area contributed by atoms with Gasteiger partial charge >= 0.3 is 5.97 Å². The fourth-order valence-electron chi connectivity index (χ4n) is 1.53. The van der Waals surface area contributed by atoms with E-state index in [1.807, 2.05) is 0 Å². The first-order valence-electron chi connectivity index (χ1n) is 4.81. The summed E-state index contributed by atoms with van der Waals surface area (Å²) in [6.07, 6.45) is 0.839. The Morgan fingerprint density at radius 3 is 2.67 bits per heavy atom. The number of carbonyl (C=O) groups excluding carboxylic acids is 1. The van der Waals surface area contributed by atoms with Crippen LogP contribution < -0.4 is 0 Å². The van der Waals surface area contributed by atoms with E-state index < -0.39 is 5.97 Å². The summed E-state index contributed by atoms with van der Waals surface area (Å²) in [5.74, 6) is -0.564. The SMILES string of the molecule is O=C(O)CSCC(=O)N1CCC(CO)C1. The fraction of sp³-hybridized carbons (Fsp3) is 0.778. The first kappa shape index (κ1) is 12.3. The van der Waals surface area contributed by atoms with Gasteiger partial charge in [-0.3, -0.25) is 9.59 Å². The van der Waals surface area contributed by atoms with Crippen molar-refractivity contribution >= 4 is 23.6 Å². The van der Waals surface area contributed by atoms with E-state index in [1.54, 1.807) is 4.90 Å². The van der Waals surface area contributed by atoms with Crippen molar-refractivity contribution in [2.24, 2.45) is 5.92 Å². The molecule has 1 fully saturated rings. The highest BCUT2D eigenvalue weighted by Gasteiger charge is 2.25. The summed E-state index contributed by atoms with van der Waals surface area (Å²) in [5, 5.41) is 17.3. The normalized spacial score (nSPS) is 20.6.